The van der Waals surface area contributed by atoms with E-state index in [-0.39, 0.29) is 4.47 Å². The van der Waals surface area contributed by atoms with Crippen LogP contribution in [0.3, 0.4) is 0 Å². The van der Waals surface area contributed by atoms with Crippen molar-refractivity contribution in [3.63, 3.8) is 0 Å². The number of halogens is 3. The fraction of sp³-hybridized carbons (Fsp3) is 0.455. The Balaban J connectivity index is 3.00. The number of hydrogen-bond donors (Lipinski definition) is 1. The first-order chi connectivity index (χ1) is 6.93. The van der Waals surface area contributed by atoms with Crippen molar-refractivity contribution in [2.24, 2.45) is 5.92 Å². The van der Waals surface area contributed by atoms with E-state index in [0.29, 0.717) is 17.9 Å². The molecular weight excluding hydrogens is 266 g/mol. The molecule has 1 unspecified atom stereocenters. The van der Waals surface area contributed by atoms with Gasteiger partial charge >= 0.3 is 0 Å². The highest BCUT2D eigenvalue weighted by molar-refractivity contribution is 9.10. The fourth-order valence-corrected chi connectivity index (χ4v) is 1.96. The Hall–Kier alpha value is -0.480. The van der Waals surface area contributed by atoms with Crippen LogP contribution < -0.4 is 0 Å². The van der Waals surface area contributed by atoms with E-state index in [0.717, 1.165) is 6.07 Å². The summed E-state index contributed by atoms with van der Waals surface area (Å²) in [5.41, 5.74) is 0.391. The molecule has 0 bridgehead atoms. The molecule has 0 aromatic heterocycles. The summed E-state index contributed by atoms with van der Waals surface area (Å²) < 4.78 is 26.0. The molecule has 4 heteroatoms. The molecule has 0 aliphatic carbocycles. The van der Waals surface area contributed by atoms with Crippen LogP contribution in [0.15, 0.2) is 16.6 Å². The SMILES string of the molecule is CC(C)CC(O)c1ccc(F)c(F)c1Br. The summed E-state index contributed by atoms with van der Waals surface area (Å²) in [6.07, 6.45) is -0.251. The van der Waals surface area contributed by atoms with E-state index < -0.39 is 17.7 Å². The Morgan fingerprint density at radius 2 is 1.93 bits per heavy atom. The zero-order chi connectivity index (χ0) is 11.6. The summed E-state index contributed by atoms with van der Waals surface area (Å²) in [5, 5.41) is 9.77. The topological polar surface area (TPSA) is 20.2 Å². The van der Waals surface area contributed by atoms with Crippen molar-refractivity contribution in [3.8, 4) is 0 Å². The quantitative estimate of drug-likeness (QED) is 0.834. The number of aliphatic hydroxyl groups is 1. The first-order valence-corrected chi connectivity index (χ1v) is 5.54. The van der Waals surface area contributed by atoms with Crippen molar-refractivity contribution in [2.45, 2.75) is 26.4 Å². The Morgan fingerprint density at radius 1 is 1.33 bits per heavy atom. The minimum Gasteiger partial charge on any atom is -0.388 e. The molecule has 0 saturated carbocycles. The molecule has 0 aliphatic rings. The monoisotopic (exact) mass is 278 g/mol. The Labute approximate surface area is 96.2 Å². The van der Waals surface area contributed by atoms with Crippen LogP contribution >= 0.6 is 15.9 Å². The molecule has 0 radical (unpaired) electrons. The Bertz CT molecular complexity index is 353. The maximum absolute atomic E-state index is 13.2. The molecular formula is C11H13BrF2O. The average Bonchev–Trinajstić information content (AvgIpc) is 2.13. The lowest BCUT2D eigenvalue weighted by Gasteiger charge is -2.15. The molecule has 0 heterocycles. The van der Waals surface area contributed by atoms with Crippen molar-refractivity contribution in [2.75, 3.05) is 0 Å². The standard InChI is InChI=1S/C11H13BrF2O/c1-6(2)5-9(15)7-3-4-8(13)11(14)10(7)12/h3-4,6,9,15H,5H2,1-2H3. The van der Waals surface area contributed by atoms with Gasteiger partial charge in [0.25, 0.3) is 0 Å². The predicted octanol–water partition coefficient (Wildman–Crippen LogP) is 3.81. The molecule has 1 aromatic carbocycles. The van der Waals surface area contributed by atoms with E-state index in [9.17, 15) is 13.9 Å². The van der Waals surface area contributed by atoms with Crippen LogP contribution in [0.2, 0.25) is 0 Å². The van der Waals surface area contributed by atoms with Crippen LogP contribution in [0.1, 0.15) is 31.9 Å². The molecule has 1 rings (SSSR count). The average molecular weight is 279 g/mol. The van der Waals surface area contributed by atoms with Crippen molar-refractivity contribution < 1.29 is 13.9 Å². The lowest BCUT2D eigenvalue weighted by Crippen LogP contribution is -2.04. The summed E-state index contributed by atoms with van der Waals surface area (Å²) in [4.78, 5) is 0. The minimum atomic E-state index is -0.949. The second kappa shape index (κ2) is 5.03. The van der Waals surface area contributed by atoms with E-state index in [1.54, 1.807) is 0 Å². The van der Waals surface area contributed by atoms with Gasteiger partial charge in [0.15, 0.2) is 11.6 Å². The second-order valence-electron chi connectivity index (χ2n) is 3.91. The summed E-state index contributed by atoms with van der Waals surface area (Å²) in [6.45, 7) is 3.91. The highest BCUT2D eigenvalue weighted by Crippen LogP contribution is 2.30. The molecule has 1 N–H and O–H groups in total. The largest absolute Gasteiger partial charge is 0.388 e. The molecule has 1 atom stereocenters. The Kier molecular flexibility index (Phi) is 4.22. The molecule has 1 nitrogen and oxygen atoms in total. The lowest BCUT2D eigenvalue weighted by molar-refractivity contribution is 0.149. The highest BCUT2D eigenvalue weighted by Gasteiger charge is 2.17. The van der Waals surface area contributed by atoms with E-state index in [4.69, 9.17) is 0 Å². The van der Waals surface area contributed by atoms with Crippen LogP contribution in [-0.2, 0) is 0 Å². The van der Waals surface area contributed by atoms with Gasteiger partial charge in [-0.3, -0.25) is 0 Å². The predicted molar refractivity (Wildman–Crippen MR) is 58.5 cm³/mol. The summed E-state index contributed by atoms with van der Waals surface area (Å²) in [7, 11) is 0. The van der Waals surface area contributed by atoms with Crippen LogP contribution in [0.5, 0.6) is 0 Å². The van der Waals surface area contributed by atoms with Crippen molar-refractivity contribution in [1.82, 2.24) is 0 Å². The van der Waals surface area contributed by atoms with Crippen LogP contribution in [0, 0.1) is 17.6 Å². The third kappa shape index (κ3) is 2.98. The number of rotatable bonds is 3. The lowest BCUT2D eigenvalue weighted by atomic mass is 9.99. The van der Waals surface area contributed by atoms with Gasteiger partial charge in [-0.25, -0.2) is 8.78 Å². The third-order valence-corrected chi connectivity index (χ3v) is 2.92. The molecule has 0 amide bonds. The van der Waals surface area contributed by atoms with Gasteiger partial charge in [-0.1, -0.05) is 19.9 Å². The van der Waals surface area contributed by atoms with Crippen LogP contribution in [-0.4, -0.2) is 5.11 Å². The van der Waals surface area contributed by atoms with Gasteiger partial charge in [-0.15, -0.1) is 0 Å². The minimum absolute atomic E-state index is 0.00986. The zero-order valence-corrected chi connectivity index (χ0v) is 10.2. The maximum atomic E-state index is 13.2. The molecule has 1 aromatic rings. The van der Waals surface area contributed by atoms with Gasteiger partial charge in [0.2, 0.25) is 0 Å². The Morgan fingerprint density at radius 3 is 2.47 bits per heavy atom. The van der Waals surface area contributed by atoms with Crippen molar-refractivity contribution >= 4 is 15.9 Å². The maximum Gasteiger partial charge on any atom is 0.173 e. The normalized spacial score (nSPS) is 13.3. The van der Waals surface area contributed by atoms with Crippen molar-refractivity contribution in [3.05, 3.63) is 33.8 Å². The fourth-order valence-electron chi connectivity index (χ4n) is 1.37. The molecule has 15 heavy (non-hydrogen) atoms. The van der Waals surface area contributed by atoms with Gasteiger partial charge in [0, 0.05) is 0 Å². The zero-order valence-electron chi connectivity index (χ0n) is 8.60. The number of aliphatic hydroxyl groups excluding tert-OH is 1. The van der Waals surface area contributed by atoms with Gasteiger partial charge in [0.05, 0.1) is 10.6 Å². The molecule has 84 valence electrons. The molecule has 0 spiro atoms. The van der Waals surface area contributed by atoms with Gasteiger partial charge in [0.1, 0.15) is 0 Å². The molecule has 0 fully saturated rings. The van der Waals surface area contributed by atoms with Gasteiger partial charge < -0.3 is 5.11 Å². The van der Waals surface area contributed by atoms with E-state index in [1.807, 2.05) is 13.8 Å². The highest BCUT2D eigenvalue weighted by atomic mass is 79.9. The first-order valence-electron chi connectivity index (χ1n) is 4.75. The van der Waals surface area contributed by atoms with E-state index in [1.165, 1.54) is 6.07 Å². The number of benzene rings is 1. The summed E-state index contributed by atoms with van der Waals surface area (Å²) in [6, 6.07) is 2.43. The smallest absolute Gasteiger partial charge is 0.173 e. The van der Waals surface area contributed by atoms with E-state index >= 15 is 0 Å². The first kappa shape index (κ1) is 12.6. The third-order valence-electron chi connectivity index (χ3n) is 2.12. The van der Waals surface area contributed by atoms with Gasteiger partial charge in [-0.05, 0) is 39.9 Å². The van der Waals surface area contributed by atoms with E-state index in [2.05, 4.69) is 15.9 Å². The summed E-state index contributed by atoms with van der Waals surface area (Å²) in [5.74, 6) is -1.57. The number of hydrogen-bond acceptors (Lipinski definition) is 1. The van der Waals surface area contributed by atoms with Crippen molar-refractivity contribution in [1.29, 1.82) is 0 Å². The second-order valence-corrected chi connectivity index (χ2v) is 4.70. The van der Waals surface area contributed by atoms with Crippen LogP contribution in [0.25, 0.3) is 0 Å². The van der Waals surface area contributed by atoms with Gasteiger partial charge in [-0.2, -0.15) is 0 Å². The molecule has 0 saturated heterocycles. The summed E-state index contributed by atoms with van der Waals surface area (Å²) >= 11 is 2.95. The molecule has 0 aliphatic heterocycles. The van der Waals surface area contributed by atoms with Crippen LogP contribution in [0.4, 0.5) is 8.78 Å².